The Labute approximate surface area is 93.6 Å². The summed E-state index contributed by atoms with van der Waals surface area (Å²) in [5, 5.41) is 0. The van der Waals surface area contributed by atoms with Crippen molar-refractivity contribution in [3.8, 4) is 0 Å². The first-order chi connectivity index (χ1) is 6.87. The molecule has 0 bridgehead atoms. The number of hydrogen-bond donors (Lipinski definition) is 0. The Balaban J connectivity index is 2.27. The van der Waals surface area contributed by atoms with E-state index in [0.29, 0.717) is 0 Å². The number of thioether (sulfide) groups is 2. The second-order valence-electron chi connectivity index (χ2n) is 3.05. The molecule has 1 fully saturated rings. The lowest BCUT2D eigenvalue weighted by atomic mass is 10.2. The fourth-order valence-electron chi connectivity index (χ4n) is 1.56. The maximum atomic E-state index is 5.90. The van der Waals surface area contributed by atoms with E-state index in [1.807, 2.05) is 29.6 Å². The van der Waals surface area contributed by atoms with Crippen molar-refractivity contribution in [1.29, 1.82) is 0 Å². The van der Waals surface area contributed by atoms with Crippen molar-refractivity contribution in [2.24, 2.45) is 0 Å². The largest absolute Gasteiger partial charge is 0.351 e. The zero-order chi connectivity index (χ0) is 9.86. The Hall–Kier alpha value is -0.120. The summed E-state index contributed by atoms with van der Waals surface area (Å²) in [5.41, 5.74) is 1.29. The third-order valence-electron chi connectivity index (χ3n) is 2.13. The van der Waals surface area contributed by atoms with Crippen molar-refractivity contribution in [1.82, 2.24) is 0 Å². The van der Waals surface area contributed by atoms with Crippen LogP contribution in [0, 0.1) is 0 Å². The average molecular weight is 226 g/mol. The lowest BCUT2D eigenvalue weighted by molar-refractivity contribution is 0.101. The van der Waals surface area contributed by atoms with Crippen LogP contribution >= 0.6 is 23.5 Å². The van der Waals surface area contributed by atoms with Crippen molar-refractivity contribution >= 4 is 23.5 Å². The highest BCUT2D eigenvalue weighted by Crippen LogP contribution is 2.52. The Morgan fingerprint density at radius 2 is 1.86 bits per heavy atom. The highest BCUT2D eigenvalue weighted by atomic mass is 32.2. The van der Waals surface area contributed by atoms with Crippen molar-refractivity contribution in [3.05, 3.63) is 35.9 Å². The van der Waals surface area contributed by atoms with E-state index in [1.54, 1.807) is 0 Å². The molecule has 14 heavy (non-hydrogen) atoms. The summed E-state index contributed by atoms with van der Waals surface area (Å²) in [6.07, 6.45) is 0. The minimum atomic E-state index is -0.129. The first-order valence-corrected chi connectivity index (χ1v) is 6.82. The van der Waals surface area contributed by atoms with Gasteiger partial charge in [-0.2, -0.15) is 0 Å². The summed E-state index contributed by atoms with van der Waals surface area (Å²) < 4.78 is 5.77. The van der Waals surface area contributed by atoms with Gasteiger partial charge in [-0.3, -0.25) is 0 Å². The van der Waals surface area contributed by atoms with Gasteiger partial charge in [0.05, 0.1) is 0 Å². The van der Waals surface area contributed by atoms with E-state index in [9.17, 15) is 0 Å². The maximum Gasteiger partial charge on any atom is 0.186 e. The van der Waals surface area contributed by atoms with Crippen LogP contribution in [0.4, 0.5) is 0 Å². The van der Waals surface area contributed by atoms with E-state index < -0.39 is 0 Å². The number of ether oxygens (including phenoxy) is 1. The van der Waals surface area contributed by atoms with Gasteiger partial charge in [0.15, 0.2) is 4.27 Å². The minimum Gasteiger partial charge on any atom is -0.351 e. The fraction of sp³-hybridized carbons (Fsp3) is 0.455. The minimum absolute atomic E-state index is 0.129. The summed E-state index contributed by atoms with van der Waals surface area (Å²) >= 11 is 3.82. The summed E-state index contributed by atoms with van der Waals surface area (Å²) in [6.45, 7) is 2.83. The highest BCUT2D eigenvalue weighted by Gasteiger charge is 2.37. The van der Waals surface area contributed by atoms with Gasteiger partial charge in [-0.05, 0) is 6.92 Å². The predicted molar refractivity (Wildman–Crippen MR) is 64.7 cm³/mol. The van der Waals surface area contributed by atoms with Gasteiger partial charge in [-0.15, -0.1) is 23.5 Å². The van der Waals surface area contributed by atoms with Crippen molar-refractivity contribution in [2.75, 3.05) is 18.1 Å². The van der Waals surface area contributed by atoms with Gasteiger partial charge in [0, 0.05) is 23.7 Å². The van der Waals surface area contributed by atoms with Crippen molar-refractivity contribution in [3.63, 3.8) is 0 Å². The molecule has 1 aromatic carbocycles. The Bertz CT molecular complexity index is 281. The molecule has 2 rings (SSSR count). The van der Waals surface area contributed by atoms with Gasteiger partial charge in [-0.1, -0.05) is 30.3 Å². The van der Waals surface area contributed by atoms with E-state index in [1.165, 1.54) is 17.1 Å². The van der Waals surface area contributed by atoms with Crippen LogP contribution in [0.2, 0.25) is 0 Å². The Kier molecular flexibility index (Phi) is 3.42. The topological polar surface area (TPSA) is 9.23 Å². The second kappa shape index (κ2) is 4.60. The molecule has 1 saturated heterocycles. The van der Waals surface area contributed by atoms with Gasteiger partial charge < -0.3 is 4.74 Å². The molecule has 0 unspecified atom stereocenters. The molecule has 0 amide bonds. The Morgan fingerprint density at radius 1 is 1.21 bits per heavy atom. The SMILES string of the molecule is CCOC1(c2ccccc2)SCCS1. The molecule has 1 heterocycles. The molecule has 1 aromatic rings. The summed E-state index contributed by atoms with van der Waals surface area (Å²) in [7, 11) is 0. The predicted octanol–water partition coefficient (Wildman–Crippen LogP) is 3.31. The average Bonchev–Trinajstić information content (AvgIpc) is 2.70. The molecule has 0 aliphatic carbocycles. The van der Waals surface area contributed by atoms with Crippen LogP contribution in [-0.2, 0) is 9.00 Å². The summed E-state index contributed by atoms with van der Waals surface area (Å²) in [6, 6.07) is 10.5. The number of benzene rings is 1. The lowest BCUT2D eigenvalue weighted by Crippen LogP contribution is -2.18. The summed E-state index contributed by atoms with van der Waals surface area (Å²) in [4.78, 5) is 0. The van der Waals surface area contributed by atoms with E-state index in [-0.39, 0.29) is 4.27 Å². The van der Waals surface area contributed by atoms with Crippen LogP contribution < -0.4 is 0 Å². The molecule has 0 saturated carbocycles. The molecule has 76 valence electrons. The van der Waals surface area contributed by atoms with Gasteiger partial charge in [0.2, 0.25) is 0 Å². The van der Waals surface area contributed by atoms with Gasteiger partial charge in [0.25, 0.3) is 0 Å². The molecule has 0 N–H and O–H groups in total. The zero-order valence-electron chi connectivity index (χ0n) is 8.23. The Morgan fingerprint density at radius 3 is 2.43 bits per heavy atom. The van der Waals surface area contributed by atoms with E-state index in [4.69, 9.17) is 4.74 Å². The number of hydrogen-bond acceptors (Lipinski definition) is 3. The second-order valence-corrected chi connectivity index (χ2v) is 5.85. The molecule has 1 aliphatic rings. The molecule has 3 heteroatoms. The molecule has 1 aliphatic heterocycles. The molecule has 0 radical (unpaired) electrons. The third kappa shape index (κ3) is 1.95. The first kappa shape index (κ1) is 10.4. The molecule has 0 atom stereocenters. The lowest BCUT2D eigenvalue weighted by Gasteiger charge is -2.27. The van der Waals surface area contributed by atoms with Gasteiger partial charge in [-0.25, -0.2) is 0 Å². The molecular formula is C11H14OS2. The zero-order valence-corrected chi connectivity index (χ0v) is 9.87. The van der Waals surface area contributed by atoms with Crippen LogP contribution in [-0.4, -0.2) is 18.1 Å². The van der Waals surface area contributed by atoms with Gasteiger partial charge >= 0.3 is 0 Å². The van der Waals surface area contributed by atoms with E-state index in [2.05, 4.69) is 31.2 Å². The van der Waals surface area contributed by atoms with Crippen molar-refractivity contribution < 1.29 is 4.74 Å². The standard InChI is InChI=1S/C11H14OS2/c1-2-12-11(13-8-9-14-11)10-6-4-3-5-7-10/h3-7H,2,8-9H2,1H3. The summed E-state index contributed by atoms with van der Waals surface area (Å²) in [5.74, 6) is 2.36. The van der Waals surface area contributed by atoms with E-state index >= 15 is 0 Å². The molecule has 0 spiro atoms. The van der Waals surface area contributed by atoms with Gasteiger partial charge in [0.1, 0.15) is 0 Å². The maximum absolute atomic E-state index is 5.90. The van der Waals surface area contributed by atoms with Crippen LogP contribution in [0.5, 0.6) is 0 Å². The third-order valence-corrected chi connectivity index (χ3v) is 5.38. The number of rotatable bonds is 3. The fourth-order valence-corrected chi connectivity index (χ4v) is 4.60. The van der Waals surface area contributed by atoms with Crippen LogP contribution in [0.25, 0.3) is 0 Å². The van der Waals surface area contributed by atoms with Crippen LogP contribution in [0.1, 0.15) is 12.5 Å². The quantitative estimate of drug-likeness (QED) is 0.782. The van der Waals surface area contributed by atoms with Crippen molar-refractivity contribution in [2.45, 2.75) is 11.2 Å². The van der Waals surface area contributed by atoms with Crippen LogP contribution in [0.3, 0.4) is 0 Å². The van der Waals surface area contributed by atoms with Crippen LogP contribution in [0.15, 0.2) is 30.3 Å². The molecular weight excluding hydrogens is 212 g/mol. The molecule has 0 aromatic heterocycles. The first-order valence-electron chi connectivity index (χ1n) is 4.85. The smallest absolute Gasteiger partial charge is 0.186 e. The highest BCUT2D eigenvalue weighted by molar-refractivity contribution is 8.20. The monoisotopic (exact) mass is 226 g/mol. The van der Waals surface area contributed by atoms with E-state index in [0.717, 1.165) is 6.61 Å². The normalized spacial score (nSPS) is 19.8. The molecule has 1 nitrogen and oxygen atoms in total.